The van der Waals surface area contributed by atoms with E-state index in [2.05, 4.69) is 53.3 Å². The molecular weight excluding hydrogens is 354 g/mol. The van der Waals surface area contributed by atoms with E-state index in [9.17, 15) is 4.79 Å². The number of hydrogen-bond donors (Lipinski definition) is 0. The van der Waals surface area contributed by atoms with Crippen LogP contribution in [0, 0.1) is 5.92 Å². The fourth-order valence-corrected chi connectivity index (χ4v) is 4.61. The first-order valence-corrected chi connectivity index (χ1v) is 11.1. The highest BCUT2D eigenvalue weighted by Gasteiger charge is 2.26. The highest BCUT2D eigenvalue weighted by atomic mass is 32.1. The van der Waals surface area contributed by atoms with Crippen LogP contribution in [0.4, 0.5) is 0 Å². The Morgan fingerprint density at radius 2 is 1.74 bits per heavy atom. The number of carbonyl (C=O) groups excluding carboxylic acids is 1. The molecule has 1 fully saturated rings. The molecule has 3 rings (SSSR count). The van der Waals surface area contributed by atoms with Gasteiger partial charge in [0.25, 0.3) is 0 Å². The van der Waals surface area contributed by atoms with Crippen LogP contribution in [-0.2, 0) is 11.3 Å². The number of amides is 1. The van der Waals surface area contributed by atoms with Gasteiger partial charge in [-0.2, -0.15) is 0 Å². The number of benzene rings is 1. The zero-order chi connectivity index (χ0) is 19.1. The summed E-state index contributed by atoms with van der Waals surface area (Å²) < 4.78 is 0. The summed E-state index contributed by atoms with van der Waals surface area (Å²) in [7, 11) is 0. The molecule has 0 N–H and O–H groups in total. The van der Waals surface area contributed by atoms with Crippen LogP contribution in [0.15, 0.2) is 35.7 Å². The van der Waals surface area contributed by atoms with Crippen molar-refractivity contribution in [1.29, 1.82) is 0 Å². The zero-order valence-corrected chi connectivity index (χ0v) is 17.4. The molecule has 0 spiro atoms. The van der Waals surface area contributed by atoms with Crippen molar-refractivity contribution >= 4 is 17.2 Å². The number of aromatic nitrogens is 1. The maximum Gasteiger partial charge on any atom is 0.225 e. The fourth-order valence-electron chi connectivity index (χ4n) is 3.79. The summed E-state index contributed by atoms with van der Waals surface area (Å²) in [6.45, 7) is 8.79. The van der Waals surface area contributed by atoms with Crippen LogP contribution < -0.4 is 0 Å². The van der Waals surface area contributed by atoms with Gasteiger partial charge in [-0.15, -0.1) is 11.3 Å². The number of carbonyl (C=O) groups is 1. The van der Waals surface area contributed by atoms with Crippen LogP contribution in [0.1, 0.15) is 45.2 Å². The number of rotatable bonds is 8. The van der Waals surface area contributed by atoms with Crippen LogP contribution in [0.25, 0.3) is 10.6 Å². The van der Waals surface area contributed by atoms with Crippen LogP contribution in [0.3, 0.4) is 0 Å². The van der Waals surface area contributed by atoms with E-state index in [1.54, 1.807) is 11.3 Å². The van der Waals surface area contributed by atoms with Crippen molar-refractivity contribution in [2.45, 2.75) is 46.1 Å². The molecule has 1 aromatic carbocycles. The molecule has 4 nitrogen and oxygen atoms in total. The normalized spacial score (nSPS) is 15.4. The van der Waals surface area contributed by atoms with Gasteiger partial charge in [0.05, 0.1) is 5.69 Å². The minimum atomic E-state index is 0.221. The maximum atomic E-state index is 12.8. The lowest BCUT2D eigenvalue weighted by atomic mass is 9.96. The average molecular weight is 386 g/mol. The first kappa shape index (κ1) is 20.0. The molecule has 1 aliphatic rings. The summed E-state index contributed by atoms with van der Waals surface area (Å²) in [5.74, 6) is 0.594. The largest absolute Gasteiger partial charge is 0.340 e. The zero-order valence-electron chi connectivity index (χ0n) is 16.6. The molecule has 146 valence electrons. The number of nitrogens with zero attached hydrogens (tertiary/aromatic N) is 3. The third-order valence-electron chi connectivity index (χ3n) is 5.27. The molecule has 5 heteroatoms. The van der Waals surface area contributed by atoms with Gasteiger partial charge < -0.3 is 4.90 Å². The first-order valence-electron chi connectivity index (χ1n) is 10.2. The van der Waals surface area contributed by atoms with E-state index >= 15 is 0 Å². The molecule has 1 aliphatic heterocycles. The molecule has 0 radical (unpaired) electrons. The Morgan fingerprint density at radius 3 is 2.37 bits per heavy atom. The van der Waals surface area contributed by atoms with Crippen molar-refractivity contribution in [3.8, 4) is 10.6 Å². The highest BCUT2D eigenvalue weighted by molar-refractivity contribution is 7.13. The van der Waals surface area contributed by atoms with E-state index in [0.717, 1.165) is 69.1 Å². The van der Waals surface area contributed by atoms with Gasteiger partial charge in [-0.1, -0.05) is 57.0 Å². The lowest BCUT2D eigenvalue weighted by Gasteiger charge is -2.36. The smallest absolute Gasteiger partial charge is 0.225 e. The minimum absolute atomic E-state index is 0.221. The average Bonchev–Trinajstić information content (AvgIpc) is 3.17. The third kappa shape index (κ3) is 5.39. The van der Waals surface area contributed by atoms with Gasteiger partial charge in [-0.3, -0.25) is 9.69 Å². The van der Waals surface area contributed by atoms with Crippen LogP contribution >= 0.6 is 11.3 Å². The van der Waals surface area contributed by atoms with Crippen molar-refractivity contribution in [2.75, 3.05) is 26.2 Å². The Hall–Kier alpha value is -1.72. The summed E-state index contributed by atoms with van der Waals surface area (Å²) >= 11 is 1.71. The molecule has 27 heavy (non-hydrogen) atoms. The standard InChI is InChI=1S/C22H31N3OS/c1-3-8-19(9-4-2)22(26)25-14-12-24(13-15-25)16-20-17-27-21(23-20)18-10-6-5-7-11-18/h5-7,10-11,17,19H,3-4,8-9,12-16H2,1-2H3. The second-order valence-electron chi connectivity index (χ2n) is 7.39. The van der Waals surface area contributed by atoms with Gasteiger partial charge in [-0.25, -0.2) is 4.98 Å². The number of hydrogen-bond acceptors (Lipinski definition) is 4. The molecule has 2 heterocycles. The Kier molecular flexibility index (Phi) is 7.41. The Balaban J connectivity index is 1.51. The van der Waals surface area contributed by atoms with Crippen molar-refractivity contribution in [3.63, 3.8) is 0 Å². The van der Waals surface area contributed by atoms with Gasteiger partial charge in [-0.05, 0) is 12.8 Å². The first-order chi connectivity index (χ1) is 13.2. The number of thiazole rings is 1. The van der Waals surface area contributed by atoms with E-state index in [0.29, 0.717) is 5.91 Å². The van der Waals surface area contributed by atoms with Crippen molar-refractivity contribution in [1.82, 2.24) is 14.8 Å². The summed E-state index contributed by atoms with van der Waals surface area (Å²) in [6, 6.07) is 10.4. The van der Waals surface area contributed by atoms with Crippen molar-refractivity contribution in [2.24, 2.45) is 5.92 Å². The van der Waals surface area contributed by atoms with E-state index in [-0.39, 0.29) is 5.92 Å². The lowest BCUT2D eigenvalue weighted by Crippen LogP contribution is -2.50. The Bertz CT molecular complexity index is 701. The quantitative estimate of drug-likeness (QED) is 0.662. The molecular formula is C22H31N3OS. The fraction of sp³-hybridized carbons (Fsp3) is 0.545. The van der Waals surface area contributed by atoms with E-state index < -0.39 is 0 Å². The molecule has 1 amide bonds. The predicted octanol–water partition coefficient (Wildman–Crippen LogP) is 4.67. The number of piperazine rings is 1. The van der Waals surface area contributed by atoms with Gasteiger partial charge in [0.15, 0.2) is 0 Å². The van der Waals surface area contributed by atoms with Crippen molar-refractivity contribution < 1.29 is 4.79 Å². The third-order valence-corrected chi connectivity index (χ3v) is 6.21. The summed E-state index contributed by atoms with van der Waals surface area (Å²) in [5, 5.41) is 3.25. The van der Waals surface area contributed by atoms with Gasteiger partial charge in [0, 0.05) is 49.6 Å². The molecule has 1 aromatic heterocycles. The van der Waals surface area contributed by atoms with Crippen LogP contribution in [0.5, 0.6) is 0 Å². The molecule has 0 saturated carbocycles. The summed E-state index contributed by atoms with van der Waals surface area (Å²) in [5.41, 5.74) is 2.32. The second kappa shape index (κ2) is 10.00. The minimum Gasteiger partial charge on any atom is -0.340 e. The summed E-state index contributed by atoms with van der Waals surface area (Å²) in [4.78, 5) is 22.1. The Morgan fingerprint density at radius 1 is 1.07 bits per heavy atom. The maximum absolute atomic E-state index is 12.8. The monoisotopic (exact) mass is 385 g/mol. The van der Waals surface area contributed by atoms with Gasteiger partial charge >= 0.3 is 0 Å². The van der Waals surface area contributed by atoms with Crippen LogP contribution in [0.2, 0.25) is 0 Å². The molecule has 0 aliphatic carbocycles. The SMILES string of the molecule is CCCC(CCC)C(=O)N1CCN(Cc2csc(-c3ccccc3)n2)CC1. The van der Waals surface area contributed by atoms with E-state index in [4.69, 9.17) is 4.98 Å². The van der Waals surface area contributed by atoms with Crippen molar-refractivity contribution in [3.05, 3.63) is 41.4 Å². The molecule has 0 unspecified atom stereocenters. The topological polar surface area (TPSA) is 36.4 Å². The molecule has 2 aromatic rings. The van der Waals surface area contributed by atoms with E-state index in [1.807, 2.05) is 6.07 Å². The molecule has 1 saturated heterocycles. The predicted molar refractivity (Wildman–Crippen MR) is 113 cm³/mol. The van der Waals surface area contributed by atoms with Gasteiger partial charge in [0.1, 0.15) is 5.01 Å². The van der Waals surface area contributed by atoms with E-state index in [1.165, 1.54) is 5.56 Å². The highest BCUT2D eigenvalue weighted by Crippen LogP contribution is 2.24. The molecule has 0 bridgehead atoms. The Labute approximate surface area is 167 Å². The lowest BCUT2D eigenvalue weighted by molar-refractivity contribution is -0.137. The summed E-state index contributed by atoms with van der Waals surface area (Å²) in [6.07, 6.45) is 4.22. The molecule has 0 atom stereocenters. The van der Waals surface area contributed by atoms with Gasteiger partial charge in [0.2, 0.25) is 5.91 Å². The van der Waals surface area contributed by atoms with Crippen LogP contribution in [-0.4, -0.2) is 46.9 Å². The second-order valence-corrected chi connectivity index (χ2v) is 8.24.